The summed E-state index contributed by atoms with van der Waals surface area (Å²) < 4.78 is 13.3. The van der Waals surface area contributed by atoms with Crippen LogP contribution in [0.25, 0.3) is 11.3 Å². The van der Waals surface area contributed by atoms with Crippen LogP contribution in [-0.4, -0.2) is 17.8 Å². The highest BCUT2D eigenvalue weighted by atomic mass is 32.2. The zero-order valence-electron chi connectivity index (χ0n) is 14.3. The van der Waals surface area contributed by atoms with E-state index >= 15 is 0 Å². The summed E-state index contributed by atoms with van der Waals surface area (Å²) in [6.07, 6.45) is 5.65. The van der Waals surface area contributed by atoms with Crippen molar-refractivity contribution in [2.24, 2.45) is 0 Å². The van der Waals surface area contributed by atoms with E-state index in [1.807, 2.05) is 12.1 Å². The lowest BCUT2D eigenvalue weighted by Crippen LogP contribution is -2.31. The van der Waals surface area contributed by atoms with Crippen molar-refractivity contribution in [3.63, 3.8) is 0 Å². The van der Waals surface area contributed by atoms with Gasteiger partial charge in [-0.2, -0.15) is 0 Å². The molecule has 3 nitrogen and oxygen atoms in total. The number of nitrogens with zero attached hydrogens (tertiary/aromatic N) is 2. The Morgan fingerprint density at radius 1 is 0.923 bits per heavy atom. The molecule has 1 aliphatic rings. The number of anilines is 1. The van der Waals surface area contributed by atoms with Crippen LogP contribution in [0.4, 0.5) is 10.1 Å². The Hall–Kier alpha value is -2.79. The van der Waals surface area contributed by atoms with E-state index in [9.17, 15) is 4.39 Å². The summed E-state index contributed by atoms with van der Waals surface area (Å²) in [5, 5.41) is 2.11. The molecule has 1 aliphatic heterocycles. The lowest BCUT2D eigenvalue weighted by molar-refractivity contribution is 0.627. The fourth-order valence-corrected chi connectivity index (χ4v) is 3.45. The average Bonchev–Trinajstić information content (AvgIpc) is 3.15. The molecular formula is C21H18FN3S. The molecule has 0 spiro atoms. The van der Waals surface area contributed by atoms with Gasteiger partial charge in [0.25, 0.3) is 0 Å². The van der Waals surface area contributed by atoms with Crippen molar-refractivity contribution in [3.8, 4) is 0 Å². The quantitative estimate of drug-likeness (QED) is 0.672. The van der Waals surface area contributed by atoms with Crippen LogP contribution < -0.4 is 10.4 Å². The smallest absolute Gasteiger partial charge is 0.123 e. The average molecular weight is 363 g/mol. The van der Waals surface area contributed by atoms with Crippen LogP contribution in [0, 0.1) is 5.82 Å². The number of nitrogens with one attached hydrogen (secondary N) is 1. The van der Waals surface area contributed by atoms with Gasteiger partial charge in [-0.25, -0.2) is 4.39 Å². The number of thioether (sulfide) groups is 1. The van der Waals surface area contributed by atoms with Gasteiger partial charge in [0, 0.05) is 22.9 Å². The van der Waals surface area contributed by atoms with Crippen molar-refractivity contribution >= 4 is 28.7 Å². The molecule has 0 fully saturated rings. The molecule has 0 saturated heterocycles. The van der Waals surface area contributed by atoms with E-state index in [4.69, 9.17) is 0 Å². The van der Waals surface area contributed by atoms with Gasteiger partial charge in [0.2, 0.25) is 0 Å². The summed E-state index contributed by atoms with van der Waals surface area (Å²) in [5.41, 5.74) is 8.80. The Balaban J connectivity index is 1.71. The van der Waals surface area contributed by atoms with E-state index < -0.39 is 0 Å². The monoisotopic (exact) mass is 363 g/mol. The molecular weight excluding hydrogens is 345 g/mol. The SMILES string of the molecule is CSc1ccc(N2CC(c3ccncc3)=C(c3ccc(F)cc3)N2)cc1. The van der Waals surface area contributed by atoms with Crippen LogP contribution in [0.1, 0.15) is 11.1 Å². The number of hydrogen-bond acceptors (Lipinski definition) is 4. The third-order valence-corrected chi connectivity index (χ3v) is 5.15. The van der Waals surface area contributed by atoms with Crippen molar-refractivity contribution < 1.29 is 4.39 Å². The highest BCUT2D eigenvalue weighted by Gasteiger charge is 2.24. The van der Waals surface area contributed by atoms with Gasteiger partial charge in [0.1, 0.15) is 5.82 Å². The number of hydrazine groups is 1. The van der Waals surface area contributed by atoms with Gasteiger partial charge in [-0.05, 0) is 78.0 Å². The zero-order valence-corrected chi connectivity index (χ0v) is 15.1. The van der Waals surface area contributed by atoms with E-state index in [1.54, 1.807) is 36.3 Å². The third-order valence-electron chi connectivity index (χ3n) is 4.41. The van der Waals surface area contributed by atoms with Gasteiger partial charge < -0.3 is 0 Å². The molecule has 0 saturated carbocycles. The molecule has 1 aromatic heterocycles. The minimum atomic E-state index is -0.234. The Morgan fingerprint density at radius 2 is 1.62 bits per heavy atom. The third kappa shape index (κ3) is 3.30. The van der Waals surface area contributed by atoms with E-state index in [0.717, 1.165) is 34.6 Å². The lowest BCUT2D eigenvalue weighted by atomic mass is 10.0. The minimum absolute atomic E-state index is 0.234. The van der Waals surface area contributed by atoms with Crippen LogP contribution in [0.15, 0.2) is 78.0 Å². The number of aromatic nitrogens is 1. The number of hydrogen-bond donors (Lipinski definition) is 1. The van der Waals surface area contributed by atoms with Crippen LogP contribution in [0.3, 0.4) is 0 Å². The molecule has 0 atom stereocenters. The van der Waals surface area contributed by atoms with E-state index in [1.165, 1.54) is 17.0 Å². The zero-order chi connectivity index (χ0) is 17.9. The highest BCUT2D eigenvalue weighted by molar-refractivity contribution is 7.98. The standard InChI is InChI=1S/C21H18FN3S/c1-26-19-8-6-18(7-9-19)25-14-20(15-10-12-23-13-11-15)21(24-25)16-2-4-17(22)5-3-16/h2-13,24H,14H2,1H3. The van der Waals surface area contributed by atoms with Gasteiger partial charge in [0.05, 0.1) is 17.9 Å². The summed E-state index contributed by atoms with van der Waals surface area (Å²) in [6.45, 7) is 0.718. The van der Waals surface area contributed by atoms with E-state index in [0.29, 0.717) is 0 Å². The van der Waals surface area contributed by atoms with Crippen LogP contribution in [-0.2, 0) is 0 Å². The molecule has 5 heteroatoms. The van der Waals surface area contributed by atoms with Crippen molar-refractivity contribution in [2.75, 3.05) is 17.8 Å². The first-order chi connectivity index (χ1) is 12.7. The van der Waals surface area contributed by atoms with Crippen molar-refractivity contribution in [1.29, 1.82) is 0 Å². The summed E-state index contributed by atoms with van der Waals surface area (Å²) in [5.74, 6) is -0.234. The molecule has 0 aliphatic carbocycles. The maximum absolute atomic E-state index is 13.3. The van der Waals surface area contributed by atoms with E-state index in [-0.39, 0.29) is 5.82 Å². The lowest BCUT2D eigenvalue weighted by Gasteiger charge is -2.20. The molecule has 2 aromatic carbocycles. The molecule has 3 aromatic rings. The number of pyridine rings is 1. The molecule has 1 N–H and O–H groups in total. The van der Waals surface area contributed by atoms with Gasteiger partial charge in [-0.15, -0.1) is 11.8 Å². The van der Waals surface area contributed by atoms with Gasteiger partial charge in [-0.1, -0.05) is 0 Å². The van der Waals surface area contributed by atoms with Crippen LogP contribution in [0.5, 0.6) is 0 Å². The largest absolute Gasteiger partial charge is 0.297 e. The fourth-order valence-electron chi connectivity index (χ4n) is 3.04. The molecule has 4 rings (SSSR count). The second-order valence-electron chi connectivity index (χ2n) is 5.99. The summed E-state index contributed by atoms with van der Waals surface area (Å²) in [6, 6.07) is 19.0. The summed E-state index contributed by atoms with van der Waals surface area (Å²) >= 11 is 1.72. The first kappa shape index (κ1) is 16.7. The van der Waals surface area contributed by atoms with Crippen molar-refractivity contribution in [2.45, 2.75) is 4.90 Å². The Morgan fingerprint density at radius 3 is 2.27 bits per heavy atom. The van der Waals surface area contributed by atoms with Crippen molar-refractivity contribution in [1.82, 2.24) is 10.4 Å². The maximum atomic E-state index is 13.3. The molecule has 0 bridgehead atoms. The second kappa shape index (κ2) is 7.22. The Labute approximate surface area is 156 Å². The molecule has 2 heterocycles. The predicted molar refractivity (Wildman–Crippen MR) is 106 cm³/mol. The van der Waals surface area contributed by atoms with Gasteiger partial charge in [0.15, 0.2) is 0 Å². The van der Waals surface area contributed by atoms with Crippen molar-refractivity contribution in [3.05, 3.63) is 90.0 Å². The summed E-state index contributed by atoms with van der Waals surface area (Å²) in [7, 11) is 0. The molecule has 26 heavy (non-hydrogen) atoms. The summed E-state index contributed by atoms with van der Waals surface area (Å²) in [4.78, 5) is 5.34. The predicted octanol–water partition coefficient (Wildman–Crippen LogP) is 4.84. The molecule has 0 unspecified atom stereocenters. The Kier molecular flexibility index (Phi) is 4.63. The highest BCUT2D eigenvalue weighted by Crippen LogP contribution is 2.33. The first-order valence-electron chi connectivity index (χ1n) is 8.32. The van der Waals surface area contributed by atoms with Gasteiger partial charge >= 0.3 is 0 Å². The van der Waals surface area contributed by atoms with Crippen LogP contribution >= 0.6 is 11.8 Å². The number of rotatable bonds is 4. The maximum Gasteiger partial charge on any atom is 0.123 e. The fraction of sp³-hybridized carbons (Fsp3) is 0.0952. The second-order valence-corrected chi connectivity index (χ2v) is 6.87. The van der Waals surface area contributed by atoms with Crippen LogP contribution in [0.2, 0.25) is 0 Å². The molecule has 0 amide bonds. The topological polar surface area (TPSA) is 28.2 Å². The van der Waals surface area contributed by atoms with E-state index in [2.05, 4.69) is 45.9 Å². The Bertz CT molecular complexity index is 922. The van der Waals surface area contributed by atoms with Gasteiger partial charge in [-0.3, -0.25) is 15.4 Å². The normalized spacial score (nSPS) is 13.8. The minimum Gasteiger partial charge on any atom is -0.297 e. The number of benzene rings is 2. The molecule has 130 valence electrons. The number of halogens is 1. The first-order valence-corrected chi connectivity index (χ1v) is 9.55. The molecule has 0 radical (unpaired) electrons.